The van der Waals surface area contributed by atoms with Gasteiger partial charge in [-0.25, -0.2) is 4.52 Å². The smallest absolute Gasteiger partial charge is 0.259 e. The summed E-state index contributed by atoms with van der Waals surface area (Å²) < 4.78 is 8.96. The highest BCUT2D eigenvalue weighted by Gasteiger charge is 2.35. The lowest BCUT2D eigenvalue weighted by Gasteiger charge is -2.21. The average Bonchev–Trinajstić information content (AvgIpc) is 3.32. The largest absolute Gasteiger partial charge is 0.337 e. The van der Waals surface area contributed by atoms with Gasteiger partial charge in [0.15, 0.2) is 5.82 Å². The number of likely N-dealkylation sites (tertiary alicyclic amines) is 1. The highest BCUT2D eigenvalue weighted by molar-refractivity contribution is 6.00. The SMILES string of the molecule is CCc1noc([C@@H]2CCCN2C(=O)c2cnn3ccn(C)c23)n1. The van der Waals surface area contributed by atoms with Crippen molar-refractivity contribution in [3.8, 4) is 0 Å². The third kappa shape index (κ3) is 2.13. The summed E-state index contributed by atoms with van der Waals surface area (Å²) in [6, 6.07) is -0.148. The third-order valence-electron chi connectivity index (χ3n) is 4.36. The van der Waals surface area contributed by atoms with Gasteiger partial charge >= 0.3 is 0 Å². The molecular formula is C15H18N6O2. The zero-order chi connectivity index (χ0) is 16.0. The van der Waals surface area contributed by atoms with Crippen molar-refractivity contribution >= 4 is 11.6 Å². The van der Waals surface area contributed by atoms with Gasteiger partial charge in [-0.1, -0.05) is 12.1 Å². The molecule has 8 heteroatoms. The van der Waals surface area contributed by atoms with Gasteiger partial charge in [-0.15, -0.1) is 0 Å². The lowest BCUT2D eigenvalue weighted by molar-refractivity contribution is 0.0711. The second-order valence-corrected chi connectivity index (χ2v) is 5.79. The van der Waals surface area contributed by atoms with Gasteiger partial charge in [0, 0.05) is 32.4 Å². The maximum absolute atomic E-state index is 13.0. The molecule has 3 aromatic rings. The number of hydrogen-bond donors (Lipinski definition) is 0. The van der Waals surface area contributed by atoms with Crippen LogP contribution in [0.15, 0.2) is 23.1 Å². The van der Waals surface area contributed by atoms with E-state index in [0.717, 1.165) is 24.9 Å². The molecule has 0 aromatic carbocycles. The molecule has 0 unspecified atom stereocenters. The number of amides is 1. The van der Waals surface area contributed by atoms with Crippen LogP contribution in [0.5, 0.6) is 0 Å². The fourth-order valence-electron chi connectivity index (χ4n) is 3.17. The highest BCUT2D eigenvalue weighted by Crippen LogP contribution is 2.32. The maximum Gasteiger partial charge on any atom is 0.259 e. The van der Waals surface area contributed by atoms with E-state index in [1.165, 1.54) is 0 Å². The maximum atomic E-state index is 13.0. The topological polar surface area (TPSA) is 81.5 Å². The van der Waals surface area contributed by atoms with Crippen LogP contribution in [-0.2, 0) is 13.5 Å². The Morgan fingerprint density at radius 1 is 1.43 bits per heavy atom. The van der Waals surface area contributed by atoms with Crippen LogP contribution in [0, 0.1) is 0 Å². The van der Waals surface area contributed by atoms with E-state index in [-0.39, 0.29) is 11.9 Å². The Bertz CT molecular complexity index is 860. The van der Waals surface area contributed by atoms with Crippen LogP contribution in [-0.4, -0.2) is 41.7 Å². The summed E-state index contributed by atoms with van der Waals surface area (Å²) in [5.41, 5.74) is 1.39. The minimum Gasteiger partial charge on any atom is -0.337 e. The van der Waals surface area contributed by atoms with Crippen LogP contribution in [0.2, 0.25) is 0 Å². The number of rotatable bonds is 3. The number of aryl methyl sites for hydroxylation is 2. The molecule has 0 spiro atoms. The van der Waals surface area contributed by atoms with E-state index >= 15 is 0 Å². The summed E-state index contributed by atoms with van der Waals surface area (Å²) in [5.74, 6) is 1.16. The predicted octanol–water partition coefficient (Wildman–Crippen LogP) is 1.60. The first kappa shape index (κ1) is 14.0. The van der Waals surface area contributed by atoms with Gasteiger partial charge in [-0.3, -0.25) is 4.79 Å². The Morgan fingerprint density at radius 3 is 3.09 bits per heavy atom. The standard InChI is InChI=1S/C15H18N6O2/c1-3-12-17-13(23-18-12)11-5-4-6-20(11)15(22)10-9-16-21-8-7-19(2)14(10)21/h7-9,11H,3-6H2,1-2H3/t11-/m0/s1. The molecule has 0 aliphatic carbocycles. The molecule has 0 bridgehead atoms. The lowest BCUT2D eigenvalue weighted by atomic mass is 10.2. The van der Waals surface area contributed by atoms with Crippen molar-refractivity contribution in [3.05, 3.63) is 35.9 Å². The summed E-state index contributed by atoms with van der Waals surface area (Å²) in [7, 11) is 1.90. The van der Waals surface area contributed by atoms with Crippen LogP contribution in [0.3, 0.4) is 0 Å². The molecule has 23 heavy (non-hydrogen) atoms. The van der Waals surface area contributed by atoms with Gasteiger partial charge in [0.2, 0.25) is 5.89 Å². The third-order valence-corrected chi connectivity index (χ3v) is 4.36. The molecule has 1 amide bonds. The van der Waals surface area contributed by atoms with Crippen LogP contribution in [0.4, 0.5) is 0 Å². The van der Waals surface area contributed by atoms with Crippen molar-refractivity contribution in [1.29, 1.82) is 0 Å². The van der Waals surface area contributed by atoms with Gasteiger partial charge in [0.1, 0.15) is 17.3 Å². The first-order valence-electron chi connectivity index (χ1n) is 7.81. The molecule has 4 heterocycles. The number of nitrogens with zero attached hydrogens (tertiary/aromatic N) is 6. The van der Waals surface area contributed by atoms with Crippen LogP contribution < -0.4 is 0 Å². The zero-order valence-electron chi connectivity index (χ0n) is 13.1. The van der Waals surface area contributed by atoms with Crippen molar-refractivity contribution in [2.45, 2.75) is 32.2 Å². The molecule has 0 N–H and O–H groups in total. The quantitative estimate of drug-likeness (QED) is 0.733. The summed E-state index contributed by atoms with van der Waals surface area (Å²) >= 11 is 0. The zero-order valence-corrected chi connectivity index (χ0v) is 13.1. The molecule has 1 aliphatic heterocycles. The Balaban J connectivity index is 1.68. The van der Waals surface area contributed by atoms with Gasteiger partial charge in [0.05, 0.1) is 6.20 Å². The van der Waals surface area contributed by atoms with Gasteiger partial charge in [0.25, 0.3) is 5.91 Å². The average molecular weight is 314 g/mol. The minimum absolute atomic E-state index is 0.0412. The molecule has 8 nitrogen and oxygen atoms in total. The van der Waals surface area contributed by atoms with Gasteiger partial charge in [-0.05, 0) is 12.8 Å². The van der Waals surface area contributed by atoms with Crippen molar-refractivity contribution in [3.63, 3.8) is 0 Å². The van der Waals surface area contributed by atoms with E-state index in [1.807, 2.05) is 35.8 Å². The number of aromatic nitrogens is 5. The van der Waals surface area contributed by atoms with Crippen LogP contribution in [0.1, 0.15) is 47.9 Å². The minimum atomic E-state index is -0.148. The molecule has 120 valence electrons. The van der Waals surface area contributed by atoms with Crippen molar-refractivity contribution < 1.29 is 9.32 Å². The summed E-state index contributed by atoms with van der Waals surface area (Å²) in [5, 5.41) is 8.19. The molecule has 0 radical (unpaired) electrons. The van der Waals surface area contributed by atoms with Crippen LogP contribution in [0.25, 0.3) is 5.65 Å². The van der Waals surface area contributed by atoms with Crippen LogP contribution >= 0.6 is 0 Å². The molecule has 1 fully saturated rings. The lowest BCUT2D eigenvalue weighted by Crippen LogP contribution is -2.30. The second-order valence-electron chi connectivity index (χ2n) is 5.79. The Hall–Kier alpha value is -2.64. The van der Waals surface area contributed by atoms with E-state index in [0.29, 0.717) is 23.8 Å². The van der Waals surface area contributed by atoms with Gasteiger partial charge in [-0.2, -0.15) is 10.1 Å². The molecule has 1 saturated heterocycles. The Morgan fingerprint density at radius 2 is 2.30 bits per heavy atom. The highest BCUT2D eigenvalue weighted by atomic mass is 16.5. The van der Waals surface area contributed by atoms with E-state index in [4.69, 9.17) is 4.52 Å². The first-order chi connectivity index (χ1) is 11.2. The summed E-state index contributed by atoms with van der Waals surface area (Å²) in [6.07, 6.45) is 7.83. The molecule has 1 atom stereocenters. The van der Waals surface area contributed by atoms with E-state index in [2.05, 4.69) is 15.2 Å². The Kier molecular flexibility index (Phi) is 3.17. The normalized spacial score (nSPS) is 18.2. The predicted molar refractivity (Wildman–Crippen MR) is 80.9 cm³/mol. The number of carbonyl (C=O) groups excluding carboxylic acids is 1. The molecule has 4 rings (SSSR count). The molecule has 0 saturated carbocycles. The molecule has 1 aliphatic rings. The van der Waals surface area contributed by atoms with E-state index in [1.54, 1.807) is 10.7 Å². The first-order valence-corrected chi connectivity index (χ1v) is 7.81. The van der Waals surface area contributed by atoms with E-state index in [9.17, 15) is 4.79 Å². The molecular weight excluding hydrogens is 296 g/mol. The number of hydrogen-bond acceptors (Lipinski definition) is 5. The summed E-state index contributed by atoms with van der Waals surface area (Å²) in [4.78, 5) is 19.2. The summed E-state index contributed by atoms with van der Waals surface area (Å²) in [6.45, 7) is 2.67. The second kappa shape index (κ2) is 5.22. The fourth-order valence-corrected chi connectivity index (χ4v) is 3.17. The fraction of sp³-hybridized carbons (Fsp3) is 0.467. The monoisotopic (exact) mass is 314 g/mol. The number of imidazole rings is 1. The molecule has 3 aromatic heterocycles. The Labute approximate surface area is 132 Å². The van der Waals surface area contributed by atoms with E-state index < -0.39 is 0 Å². The van der Waals surface area contributed by atoms with Crippen molar-refractivity contribution in [2.75, 3.05) is 6.54 Å². The number of fused-ring (bicyclic) bond motifs is 1. The number of carbonyl (C=O) groups is 1. The van der Waals surface area contributed by atoms with Crippen molar-refractivity contribution in [1.82, 2.24) is 29.2 Å². The van der Waals surface area contributed by atoms with Gasteiger partial charge < -0.3 is 14.0 Å². The van der Waals surface area contributed by atoms with Crippen molar-refractivity contribution in [2.24, 2.45) is 7.05 Å².